The van der Waals surface area contributed by atoms with E-state index in [0.29, 0.717) is 0 Å². The summed E-state index contributed by atoms with van der Waals surface area (Å²) in [6.07, 6.45) is 1.47. The Morgan fingerprint density at radius 3 is 2.43 bits per heavy atom. The van der Waals surface area contributed by atoms with Gasteiger partial charge in [0.15, 0.2) is 0 Å². The van der Waals surface area contributed by atoms with Gasteiger partial charge in [-0.25, -0.2) is 0 Å². The molecule has 3 unspecified atom stereocenters. The Morgan fingerprint density at radius 2 is 1.79 bits per heavy atom. The van der Waals surface area contributed by atoms with Crippen LogP contribution in [0, 0.1) is 17.8 Å². The maximum absolute atomic E-state index is 2.61. The zero-order valence-electron chi connectivity index (χ0n) is 10.0. The fourth-order valence-corrected chi connectivity index (χ4v) is 3.81. The van der Waals surface area contributed by atoms with Gasteiger partial charge in [0.05, 0.1) is 0 Å². The molecule has 3 atom stereocenters. The lowest BCUT2D eigenvalue weighted by Gasteiger charge is -2.50. The van der Waals surface area contributed by atoms with Crippen molar-refractivity contribution in [2.45, 2.75) is 26.3 Å². The molecule has 2 aliphatic rings. The number of hydrogen-bond donors (Lipinski definition) is 0. The lowest BCUT2D eigenvalue weighted by molar-refractivity contribution is -0.0103. The molecule has 0 saturated carbocycles. The van der Waals surface area contributed by atoms with Crippen molar-refractivity contribution in [3.05, 3.63) is 0 Å². The van der Waals surface area contributed by atoms with Crippen LogP contribution in [0.2, 0.25) is 0 Å². The van der Waals surface area contributed by atoms with Crippen LogP contribution in [0.3, 0.4) is 0 Å². The summed E-state index contributed by atoms with van der Waals surface area (Å²) in [5.74, 6) is 2.65. The van der Waals surface area contributed by atoms with Crippen LogP contribution in [-0.4, -0.2) is 49.6 Å². The van der Waals surface area contributed by atoms with Crippen molar-refractivity contribution >= 4 is 0 Å². The normalized spacial score (nSPS) is 40.5. The van der Waals surface area contributed by atoms with Crippen LogP contribution in [0.5, 0.6) is 0 Å². The molecule has 2 bridgehead atoms. The van der Waals surface area contributed by atoms with Crippen molar-refractivity contribution in [1.29, 1.82) is 0 Å². The van der Waals surface area contributed by atoms with Crippen LogP contribution in [-0.2, 0) is 0 Å². The summed E-state index contributed by atoms with van der Waals surface area (Å²) in [4.78, 5) is 5.14. The Hall–Kier alpha value is -0.0800. The van der Waals surface area contributed by atoms with Crippen molar-refractivity contribution in [1.82, 2.24) is 9.80 Å². The number of nitrogens with zero attached hydrogens (tertiary/aromatic N) is 2. The monoisotopic (exact) mass is 196 g/mol. The molecule has 0 N–H and O–H groups in total. The molecule has 2 rings (SSSR count). The first kappa shape index (κ1) is 10.4. The van der Waals surface area contributed by atoms with Crippen LogP contribution in [0.25, 0.3) is 0 Å². The summed E-state index contributed by atoms with van der Waals surface area (Å²) in [5.41, 5.74) is 0. The van der Waals surface area contributed by atoms with E-state index in [0.717, 1.165) is 23.8 Å². The topological polar surface area (TPSA) is 6.48 Å². The van der Waals surface area contributed by atoms with E-state index in [4.69, 9.17) is 0 Å². The van der Waals surface area contributed by atoms with Crippen LogP contribution in [0.1, 0.15) is 20.3 Å². The second-order valence-corrected chi connectivity index (χ2v) is 5.76. The fourth-order valence-electron chi connectivity index (χ4n) is 3.81. The van der Waals surface area contributed by atoms with Gasteiger partial charge in [-0.15, -0.1) is 0 Å². The largest absolute Gasteiger partial charge is 0.306 e. The molecular weight excluding hydrogens is 172 g/mol. The minimum Gasteiger partial charge on any atom is -0.306 e. The van der Waals surface area contributed by atoms with Gasteiger partial charge in [-0.3, -0.25) is 0 Å². The lowest BCUT2D eigenvalue weighted by Crippen LogP contribution is -2.57. The summed E-state index contributed by atoms with van der Waals surface area (Å²) in [5, 5.41) is 0. The molecule has 2 nitrogen and oxygen atoms in total. The lowest BCUT2D eigenvalue weighted by atomic mass is 9.76. The Labute approximate surface area is 88.3 Å². The molecule has 0 aromatic heterocycles. The van der Waals surface area contributed by atoms with Crippen LogP contribution >= 0.6 is 0 Å². The van der Waals surface area contributed by atoms with E-state index in [9.17, 15) is 0 Å². The van der Waals surface area contributed by atoms with Gasteiger partial charge < -0.3 is 9.80 Å². The maximum Gasteiger partial charge on any atom is 0.0156 e. The van der Waals surface area contributed by atoms with Crippen molar-refractivity contribution in [3.8, 4) is 0 Å². The standard InChI is InChI=1S/C12H24N2/c1-9(2)12-11-5-10(7-14(12)4)6-13(3)8-11/h9-12H,5-8H2,1-4H3. The van der Waals surface area contributed by atoms with Gasteiger partial charge in [-0.1, -0.05) is 13.8 Å². The highest BCUT2D eigenvalue weighted by molar-refractivity contribution is 4.93. The maximum atomic E-state index is 2.61. The molecule has 2 aliphatic heterocycles. The van der Waals surface area contributed by atoms with E-state index in [1.54, 1.807) is 0 Å². The molecule has 82 valence electrons. The molecule has 2 fully saturated rings. The van der Waals surface area contributed by atoms with Gasteiger partial charge in [0, 0.05) is 25.7 Å². The molecule has 2 heteroatoms. The van der Waals surface area contributed by atoms with Gasteiger partial charge in [0.25, 0.3) is 0 Å². The van der Waals surface area contributed by atoms with Crippen molar-refractivity contribution in [2.24, 2.45) is 17.8 Å². The average molecular weight is 196 g/mol. The van der Waals surface area contributed by atoms with Crippen LogP contribution in [0.15, 0.2) is 0 Å². The summed E-state index contributed by atoms with van der Waals surface area (Å²) < 4.78 is 0. The zero-order chi connectivity index (χ0) is 10.3. The second kappa shape index (κ2) is 3.82. The third-order valence-electron chi connectivity index (χ3n) is 3.97. The van der Waals surface area contributed by atoms with E-state index in [1.165, 1.54) is 26.1 Å². The molecule has 0 aliphatic carbocycles. The van der Waals surface area contributed by atoms with Crippen LogP contribution in [0.4, 0.5) is 0 Å². The molecule has 2 heterocycles. The minimum absolute atomic E-state index is 0.803. The Kier molecular flexibility index (Phi) is 2.85. The van der Waals surface area contributed by atoms with Crippen molar-refractivity contribution in [3.63, 3.8) is 0 Å². The molecule has 2 saturated heterocycles. The van der Waals surface area contributed by atoms with Gasteiger partial charge >= 0.3 is 0 Å². The third kappa shape index (κ3) is 1.82. The van der Waals surface area contributed by atoms with E-state index in [-0.39, 0.29) is 0 Å². The predicted octanol–water partition coefficient (Wildman–Crippen LogP) is 1.52. The van der Waals surface area contributed by atoms with Crippen LogP contribution < -0.4 is 0 Å². The average Bonchev–Trinajstić information content (AvgIpc) is 1.99. The minimum atomic E-state index is 0.803. The molecule has 0 spiro atoms. The highest BCUT2D eigenvalue weighted by Gasteiger charge is 2.39. The zero-order valence-corrected chi connectivity index (χ0v) is 10.0. The Bertz CT molecular complexity index is 198. The van der Waals surface area contributed by atoms with E-state index in [1.807, 2.05) is 0 Å². The predicted molar refractivity (Wildman–Crippen MR) is 60.4 cm³/mol. The van der Waals surface area contributed by atoms with Gasteiger partial charge in [0.2, 0.25) is 0 Å². The first-order valence-electron chi connectivity index (χ1n) is 5.96. The van der Waals surface area contributed by atoms with Crippen molar-refractivity contribution < 1.29 is 0 Å². The highest BCUT2D eigenvalue weighted by Crippen LogP contribution is 2.34. The first-order chi connectivity index (χ1) is 6.58. The summed E-state index contributed by atoms with van der Waals surface area (Å²) in [6, 6.07) is 0.814. The van der Waals surface area contributed by atoms with Gasteiger partial charge in [-0.05, 0) is 38.3 Å². The highest BCUT2D eigenvalue weighted by atomic mass is 15.2. The Morgan fingerprint density at radius 1 is 1.07 bits per heavy atom. The summed E-state index contributed by atoms with van der Waals surface area (Å²) >= 11 is 0. The number of piperidine rings is 2. The summed E-state index contributed by atoms with van der Waals surface area (Å²) in [7, 11) is 4.59. The number of hydrogen-bond acceptors (Lipinski definition) is 2. The number of rotatable bonds is 1. The smallest absolute Gasteiger partial charge is 0.0156 e. The fraction of sp³-hybridized carbons (Fsp3) is 1.00. The Balaban J connectivity index is 2.10. The van der Waals surface area contributed by atoms with E-state index >= 15 is 0 Å². The molecule has 0 amide bonds. The molecule has 0 aromatic rings. The van der Waals surface area contributed by atoms with Crippen molar-refractivity contribution in [2.75, 3.05) is 33.7 Å². The molecular formula is C12H24N2. The molecule has 0 aromatic carbocycles. The summed E-state index contributed by atoms with van der Waals surface area (Å²) in [6.45, 7) is 8.67. The number of fused-ring (bicyclic) bond motifs is 2. The third-order valence-corrected chi connectivity index (χ3v) is 3.97. The van der Waals surface area contributed by atoms with E-state index in [2.05, 4.69) is 37.7 Å². The molecule has 14 heavy (non-hydrogen) atoms. The SMILES string of the molecule is CC(C)C1C2CC(CN(C)C2)CN1C. The van der Waals surface area contributed by atoms with E-state index < -0.39 is 0 Å². The second-order valence-electron chi connectivity index (χ2n) is 5.76. The number of likely N-dealkylation sites (tertiary alicyclic amines) is 2. The molecule has 0 radical (unpaired) electrons. The van der Waals surface area contributed by atoms with Gasteiger partial charge in [-0.2, -0.15) is 0 Å². The quantitative estimate of drug-likeness (QED) is 0.627. The van der Waals surface area contributed by atoms with Gasteiger partial charge in [0.1, 0.15) is 0 Å². The first-order valence-corrected chi connectivity index (χ1v) is 5.96.